The quantitative estimate of drug-likeness (QED) is 0.658. The first-order chi connectivity index (χ1) is 8.92. The van der Waals surface area contributed by atoms with Crippen molar-refractivity contribution >= 4 is 22.0 Å². The zero-order valence-corrected chi connectivity index (χ0v) is 13.8. The van der Waals surface area contributed by atoms with Gasteiger partial charge < -0.3 is 5.32 Å². The van der Waals surface area contributed by atoms with Crippen LogP contribution in [0.1, 0.15) is 33.1 Å². The van der Waals surface area contributed by atoms with E-state index in [4.69, 9.17) is 0 Å². The third-order valence-corrected chi connectivity index (χ3v) is 5.94. The van der Waals surface area contributed by atoms with Gasteiger partial charge in [0.2, 0.25) is 0 Å². The van der Waals surface area contributed by atoms with Crippen molar-refractivity contribution in [1.82, 2.24) is 14.3 Å². The second-order valence-electron chi connectivity index (χ2n) is 5.32. The molecule has 1 heterocycles. The van der Waals surface area contributed by atoms with Gasteiger partial charge in [-0.15, -0.1) is 0 Å². The van der Waals surface area contributed by atoms with Gasteiger partial charge >= 0.3 is 0 Å². The molecule has 0 aromatic heterocycles. The van der Waals surface area contributed by atoms with Crippen molar-refractivity contribution < 1.29 is 8.42 Å². The van der Waals surface area contributed by atoms with E-state index in [1.807, 2.05) is 11.8 Å². The fraction of sp³-hybridized carbons (Fsp3) is 1.00. The van der Waals surface area contributed by atoms with Crippen LogP contribution in [0.3, 0.4) is 0 Å². The highest BCUT2D eigenvalue weighted by Crippen LogP contribution is 2.17. The second kappa shape index (κ2) is 8.46. The zero-order valence-electron chi connectivity index (χ0n) is 12.2. The van der Waals surface area contributed by atoms with E-state index in [0.717, 1.165) is 37.3 Å². The van der Waals surface area contributed by atoms with E-state index in [2.05, 4.69) is 23.9 Å². The van der Waals surface area contributed by atoms with E-state index < -0.39 is 10.2 Å². The molecule has 1 rings (SSSR count). The molecule has 0 spiro atoms. The Hall–Kier alpha value is 0.180. The summed E-state index contributed by atoms with van der Waals surface area (Å²) in [5, 5.41) is 3.29. The van der Waals surface area contributed by atoms with Crippen LogP contribution < -0.4 is 10.0 Å². The summed E-state index contributed by atoms with van der Waals surface area (Å²) >= 11 is 1.82. The Labute approximate surface area is 122 Å². The number of hydrogen-bond acceptors (Lipinski definition) is 4. The van der Waals surface area contributed by atoms with Crippen LogP contribution in [-0.2, 0) is 10.2 Å². The fourth-order valence-electron chi connectivity index (χ4n) is 1.95. The van der Waals surface area contributed by atoms with Crippen molar-refractivity contribution in [3.05, 3.63) is 0 Å². The van der Waals surface area contributed by atoms with E-state index in [0.29, 0.717) is 12.6 Å². The molecule has 0 aromatic carbocycles. The third-order valence-electron chi connectivity index (χ3n) is 3.09. The topological polar surface area (TPSA) is 61.4 Å². The predicted octanol–water partition coefficient (Wildman–Crippen LogP) is 1.04. The minimum atomic E-state index is -3.32. The van der Waals surface area contributed by atoms with E-state index in [1.165, 1.54) is 4.31 Å². The van der Waals surface area contributed by atoms with Gasteiger partial charge in [-0.25, -0.2) is 0 Å². The van der Waals surface area contributed by atoms with Gasteiger partial charge in [-0.1, -0.05) is 13.8 Å². The molecule has 0 aromatic rings. The van der Waals surface area contributed by atoms with Gasteiger partial charge in [0.15, 0.2) is 0 Å². The summed E-state index contributed by atoms with van der Waals surface area (Å²) in [6, 6.07) is 0.541. The Bertz CT molecular complexity index is 341. The lowest BCUT2D eigenvalue weighted by Crippen LogP contribution is -2.46. The van der Waals surface area contributed by atoms with E-state index in [-0.39, 0.29) is 6.04 Å². The molecular formula is C12H27N3O2S2. The lowest BCUT2D eigenvalue weighted by Gasteiger charge is -2.25. The highest BCUT2D eigenvalue weighted by Gasteiger charge is 2.23. The minimum absolute atomic E-state index is 0.0972. The third kappa shape index (κ3) is 6.94. The molecule has 1 saturated heterocycles. The number of rotatable bonds is 8. The summed E-state index contributed by atoms with van der Waals surface area (Å²) in [4.78, 5) is 0. The van der Waals surface area contributed by atoms with E-state index >= 15 is 0 Å². The Morgan fingerprint density at radius 1 is 1.42 bits per heavy atom. The van der Waals surface area contributed by atoms with Crippen LogP contribution in [0.25, 0.3) is 0 Å². The first-order valence-electron chi connectivity index (χ1n) is 6.96. The van der Waals surface area contributed by atoms with Crippen LogP contribution >= 0.6 is 11.8 Å². The Balaban J connectivity index is 2.30. The molecule has 19 heavy (non-hydrogen) atoms. The average molecular weight is 310 g/mol. The van der Waals surface area contributed by atoms with Gasteiger partial charge in [-0.05, 0) is 31.6 Å². The normalized spacial score (nSPS) is 21.2. The summed E-state index contributed by atoms with van der Waals surface area (Å²) in [5.74, 6) is 2.04. The van der Waals surface area contributed by atoms with Gasteiger partial charge in [0.25, 0.3) is 10.2 Å². The summed E-state index contributed by atoms with van der Waals surface area (Å²) in [5.41, 5.74) is 0. The van der Waals surface area contributed by atoms with Crippen LogP contribution in [0.4, 0.5) is 0 Å². The summed E-state index contributed by atoms with van der Waals surface area (Å²) in [7, 11) is -1.67. The molecule has 0 amide bonds. The maximum absolute atomic E-state index is 12.1. The van der Waals surface area contributed by atoms with Crippen molar-refractivity contribution in [2.24, 2.45) is 0 Å². The second-order valence-corrected chi connectivity index (χ2v) is 8.28. The molecule has 7 heteroatoms. The van der Waals surface area contributed by atoms with Gasteiger partial charge in [0.05, 0.1) is 0 Å². The van der Waals surface area contributed by atoms with Crippen molar-refractivity contribution in [1.29, 1.82) is 0 Å². The molecule has 1 aliphatic heterocycles. The Kier molecular flexibility index (Phi) is 7.68. The maximum Gasteiger partial charge on any atom is 0.279 e. The van der Waals surface area contributed by atoms with Crippen LogP contribution in [0.5, 0.6) is 0 Å². The minimum Gasteiger partial charge on any atom is -0.314 e. The number of nitrogens with one attached hydrogen (secondary N) is 2. The standard InChI is InChI=1S/C12H27N3O2S2/c1-11(2)13-7-5-8-15(3)19(16,17)14-12-6-4-9-18-10-12/h11-14H,4-10H2,1-3H3. The molecule has 1 unspecified atom stereocenters. The first kappa shape index (κ1) is 17.2. The SMILES string of the molecule is CC(C)NCCCN(C)S(=O)(=O)NC1CCCSC1. The zero-order chi connectivity index (χ0) is 14.3. The number of nitrogens with zero attached hydrogens (tertiary/aromatic N) is 1. The van der Waals surface area contributed by atoms with Crippen molar-refractivity contribution in [3.8, 4) is 0 Å². The highest BCUT2D eigenvalue weighted by atomic mass is 32.2. The fourth-order valence-corrected chi connectivity index (χ4v) is 4.30. The molecule has 0 radical (unpaired) electrons. The van der Waals surface area contributed by atoms with Crippen LogP contribution in [0.2, 0.25) is 0 Å². The summed E-state index contributed by atoms with van der Waals surface area (Å²) in [6.45, 7) is 5.57. The molecule has 2 N–H and O–H groups in total. The molecule has 1 aliphatic rings. The summed E-state index contributed by atoms with van der Waals surface area (Å²) in [6.07, 6.45) is 2.88. The van der Waals surface area contributed by atoms with Crippen LogP contribution in [-0.4, -0.2) is 56.4 Å². The molecule has 0 saturated carbocycles. The van der Waals surface area contributed by atoms with Gasteiger partial charge in [-0.2, -0.15) is 29.2 Å². The molecular weight excluding hydrogens is 282 g/mol. The lowest BCUT2D eigenvalue weighted by atomic mass is 10.2. The largest absolute Gasteiger partial charge is 0.314 e. The molecule has 114 valence electrons. The van der Waals surface area contributed by atoms with Crippen molar-refractivity contribution in [3.63, 3.8) is 0 Å². The van der Waals surface area contributed by atoms with Crippen molar-refractivity contribution in [2.45, 2.75) is 45.2 Å². The van der Waals surface area contributed by atoms with Gasteiger partial charge in [0.1, 0.15) is 0 Å². The molecule has 0 bridgehead atoms. The summed E-state index contributed by atoms with van der Waals surface area (Å²) < 4.78 is 28.5. The maximum atomic E-state index is 12.1. The molecule has 0 aliphatic carbocycles. The van der Waals surface area contributed by atoms with Crippen LogP contribution in [0, 0.1) is 0 Å². The van der Waals surface area contributed by atoms with Gasteiger partial charge in [-0.3, -0.25) is 0 Å². The molecule has 1 fully saturated rings. The molecule has 1 atom stereocenters. The highest BCUT2D eigenvalue weighted by molar-refractivity contribution is 7.99. The van der Waals surface area contributed by atoms with Gasteiger partial charge in [0, 0.05) is 31.4 Å². The predicted molar refractivity (Wildman–Crippen MR) is 82.8 cm³/mol. The van der Waals surface area contributed by atoms with E-state index in [9.17, 15) is 8.42 Å². The first-order valence-corrected chi connectivity index (χ1v) is 9.56. The number of thioether (sulfide) groups is 1. The average Bonchev–Trinajstić information content (AvgIpc) is 2.34. The molecule has 5 nitrogen and oxygen atoms in total. The lowest BCUT2D eigenvalue weighted by molar-refractivity contribution is 0.429. The monoisotopic (exact) mass is 309 g/mol. The Morgan fingerprint density at radius 2 is 2.16 bits per heavy atom. The number of hydrogen-bond donors (Lipinski definition) is 2. The van der Waals surface area contributed by atoms with Crippen molar-refractivity contribution in [2.75, 3.05) is 31.6 Å². The Morgan fingerprint density at radius 3 is 2.74 bits per heavy atom. The smallest absolute Gasteiger partial charge is 0.279 e. The van der Waals surface area contributed by atoms with Crippen LogP contribution in [0.15, 0.2) is 0 Å². The van der Waals surface area contributed by atoms with E-state index in [1.54, 1.807) is 7.05 Å².